The lowest BCUT2D eigenvalue weighted by atomic mass is 9.91. The van der Waals surface area contributed by atoms with Gasteiger partial charge in [-0.15, -0.1) is 0 Å². The van der Waals surface area contributed by atoms with E-state index in [9.17, 15) is 43.5 Å². The summed E-state index contributed by atoms with van der Waals surface area (Å²) in [6.07, 6.45) is -3.12. The van der Waals surface area contributed by atoms with Crippen LogP contribution in [0.15, 0.2) is 0 Å². The van der Waals surface area contributed by atoms with Crippen molar-refractivity contribution in [2.75, 3.05) is 88.8 Å². The third-order valence-corrected chi connectivity index (χ3v) is 17.7. The van der Waals surface area contributed by atoms with Crippen LogP contribution in [0.4, 0.5) is 0 Å². The smallest absolute Gasteiger partial charge is 0.329 e. The SMILES string of the molecule is CO[C@H](C)[C@H]1NC(=O)[C@@H]([C@H](O)[C@H](C)CCN2CCOCC2)N(C)C(=O)[C@@H](C(C)C)N(C)C(=O)[C@@H](CC(C)C)NC(=O)[C@@H](CC(C)C)N(C)C(=O)[C@H](C(C)C)OC(=O)[C@@H](C)NC(=O)[C@@H](CC(C)C)N(C)C(=O)[C@@H](CC(C)C)NC(=O)[C@H](CC(C)C)N(C)C(=O)CN(C)C1=O. The molecule has 5 N–H and O–H groups in total. The van der Waals surface area contributed by atoms with E-state index in [4.69, 9.17) is 14.2 Å². The first-order chi connectivity index (χ1) is 43.1. The van der Waals surface area contributed by atoms with E-state index in [1.54, 1.807) is 34.6 Å². The topological polar surface area (TPSA) is 306 Å². The van der Waals surface area contributed by atoms with Crippen molar-refractivity contribution in [1.82, 2.24) is 55.6 Å². The van der Waals surface area contributed by atoms with Crippen LogP contribution in [0.3, 0.4) is 0 Å². The first-order valence-electron chi connectivity index (χ1n) is 33.6. The van der Waals surface area contributed by atoms with Gasteiger partial charge in [-0.25, -0.2) is 4.79 Å². The van der Waals surface area contributed by atoms with Crippen molar-refractivity contribution in [3.8, 4) is 0 Å². The summed E-state index contributed by atoms with van der Waals surface area (Å²) in [4.78, 5) is 172. The fourth-order valence-corrected chi connectivity index (χ4v) is 11.8. The molecule has 93 heavy (non-hydrogen) atoms. The lowest BCUT2D eigenvalue weighted by Crippen LogP contribution is -2.64. The zero-order chi connectivity index (χ0) is 71.4. The number of cyclic esters (lactones) is 1. The number of morpholine rings is 1. The van der Waals surface area contributed by atoms with Crippen LogP contribution in [-0.2, 0) is 67.0 Å². The standard InChI is InChI=1S/C67H121N11O15/c1-37(2)31-47-62(85)74(20)50(34-40(7)8)58(81)68-45(16)67(90)93-57(43(13)14)66(89)75(21)51(35-41(9)10)60(83)70-48(32-38(3)4)63(86)76(22)54(42(11)12)65(88)77(23)55(56(80)44(15)25-26-78-27-29-92-30-28-78)61(84)71-53(46(17)91-24)64(87)72(18)36-52(79)73(19)49(33-39(5)6)59(82)69-47/h37-51,53-57,80H,25-36H2,1-24H3,(H,68,81)(H,69,82)(H,70,83)(H,71,84)/t44-,45-,46-,47-,48-,49+,50-,51-,53-,54-,55-,56-,57+/m1/s1. The molecule has 0 spiro atoms. The Labute approximate surface area is 555 Å². The molecule has 0 bridgehead atoms. The molecule has 10 amide bonds. The van der Waals surface area contributed by atoms with E-state index in [2.05, 4.69) is 26.2 Å². The number of aliphatic hydroxyl groups excluding tert-OH is 1. The summed E-state index contributed by atoms with van der Waals surface area (Å²) in [5.41, 5.74) is 0. The third kappa shape index (κ3) is 24.6. The van der Waals surface area contributed by atoms with Crippen molar-refractivity contribution in [2.24, 2.45) is 47.3 Å². The van der Waals surface area contributed by atoms with Crippen molar-refractivity contribution < 1.29 is 72.1 Å². The van der Waals surface area contributed by atoms with Gasteiger partial charge in [-0.3, -0.25) is 52.8 Å². The summed E-state index contributed by atoms with van der Waals surface area (Å²) in [6.45, 7) is 32.2. The van der Waals surface area contributed by atoms with E-state index < -0.39 is 162 Å². The Bertz CT molecular complexity index is 2490. The molecule has 0 radical (unpaired) electrons. The number of nitrogens with zero attached hydrogens (tertiary/aromatic N) is 7. The van der Waals surface area contributed by atoms with Gasteiger partial charge in [-0.05, 0) is 106 Å². The average molecular weight is 1320 g/mol. The number of esters is 1. The fourth-order valence-electron chi connectivity index (χ4n) is 11.8. The summed E-state index contributed by atoms with van der Waals surface area (Å²) in [6, 6.07) is -11.9. The highest BCUT2D eigenvalue weighted by Crippen LogP contribution is 2.25. The number of methoxy groups -OCH3 is 1. The van der Waals surface area contributed by atoms with Crippen LogP contribution in [0.2, 0.25) is 0 Å². The largest absolute Gasteiger partial charge is 0.450 e. The van der Waals surface area contributed by atoms with E-state index in [0.717, 1.165) is 9.80 Å². The quantitative estimate of drug-likeness (QED) is 0.116. The number of amides is 10. The first-order valence-corrected chi connectivity index (χ1v) is 33.6. The molecule has 2 saturated heterocycles. The minimum absolute atomic E-state index is 0.0908. The van der Waals surface area contributed by atoms with Crippen LogP contribution < -0.4 is 21.3 Å². The molecular weight excluding hydrogens is 1200 g/mol. The maximum atomic E-state index is 15.4. The van der Waals surface area contributed by atoms with Crippen molar-refractivity contribution in [1.29, 1.82) is 0 Å². The number of aliphatic hydroxyl groups is 1. The number of carbonyl (C=O) groups excluding carboxylic acids is 11. The number of nitrogens with one attached hydrogen (secondary N) is 4. The highest BCUT2D eigenvalue weighted by molar-refractivity contribution is 5.99. The summed E-state index contributed by atoms with van der Waals surface area (Å²) in [5.74, 6) is -11.0. The van der Waals surface area contributed by atoms with Crippen molar-refractivity contribution in [3.05, 3.63) is 0 Å². The summed E-state index contributed by atoms with van der Waals surface area (Å²) < 4.78 is 17.1. The zero-order valence-corrected chi connectivity index (χ0v) is 60.8. The second kappa shape index (κ2) is 38.5. The number of rotatable bonds is 19. The molecule has 0 saturated carbocycles. The number of likely N-dealkylation sites (N-methyl/N-ethyl adjacent to an activating group) is 6. The van der Waals surface area contributed by atoms with Crippen molar-refractivity contribution in [2.45, 2.75) is 229 Å². The van der Waals surface area contributed by atoms with Crippen LogP contribution in [-0.4, -0.2) is 266 Å². The Morgan fingerprint density at radius 3 is 1.34 bits per heavy atom. The number of carbonyl (C=O) groups is 11. The van der Waals surface area contributed by atoms with Gasteiger partial charge >= 0.3 is 5.97 Å². The van der Waals surface area contributed by atoms with Gasteiger partial charge in [-0.2, -0.15) is 0 Å². The van der Waals surface area contributed by atoms with E-state index in [1.807, 2.05) is 69.2 Å². The Morgan fingerprint density at radius 1 is 0.495 bits per heavy atom. The van der Waals surface area contributed by atoms with Crippen LogP contribution in [0.1, 0.15) is 156 Å². The predicted octanol–water partition coefficient (Wildman–Crippen LogP) is 2.76. The molecule has 13 atom stereocenters. The van der Waals surface area contributed by atoms with Crippen LogP contribution in [0.25, 0.3) is 0 Å². The summed E-state index contributed by atoms with van der Waals surface area (Å²) in [5, 5.41) is 23.7. The lowest BCUT2D eigenvalue weighted by Gasteiger charge is -2.40. The Morgan fingerprint density at radius 2 is 0.914 bits per heavy atom. The molecule has 26 nitrogen and oxygen atoms in total. The molecule has 0 unspecified atom stereocenters. The fraction of sp³-hybridized carbons (Fsp3) is 0.836. The highest BCUT2D eigenvalue weighted by Gasteiger charge is 2.46. The average Bonchev–Trinajstić information content (AvgIpc) is 0.835. The highest BCUT2D eigenvalue weighted by atomic mass is 16.6. The zero-order valence-electron chi connectivity index (χ0n) is 60.8. The second-order valence-electron chi connectivity index (χ2n) is 28.9. The van der Waals surface area contributed by atoms with Crippen molar-refractivity contribution in [3.63, 3.8) is 0 Å². The van der Waals surface area contributed by atoms with Crippen LogP contribution in [0, 0.1) is 47.3 Å². The van der Waals surface area contributed by atoms with Gasteiger partial charge in [0.1, 0.15) is 54.4 Å². The molecule has 0 aliphatic carbocycles. The predicted molar refractivity (Wildman–Crippen MR) is 354 cm³/mol. The minimum Gasteiger partial charge on any atom is -0.450 e. The van der Waals surface area contributed by atoms with E-state index >= 15 is 14.4 Å². The monoisotopic (exact) mass is 1320 g/mol. The van der Waals surface area contributed by atoms with Gasteiger partial charge in [-0.1, -0.05) is 104 Å². The first kappa shape index (κ1) is 83.1. The molecule has 2 aliphatic rings. The van der Waals surface area contributed by atoms with Crippen molar-refractivity contribution >= 4 is 65.0 Å². The molecule has 534 valence electrons. The number of ether oxygens (including phenoxy) is 3. The van der Waals surface area contributed by atoms with Crippen LogP contribution >= 0.6 is 0 Å². The molecule has 2 fully saturated rings. The van der Waals surface area contributed by atoms with E-state index in [0.29, 0.717) is 39.3 Å². The lowest BCUT2D eigenvalue weighted by molar-refractivity contribution is -0.166. The van der Waals surface area contributed by atoms with Gasteiger partial charge in [0.2, 0.25) is 53.2 Å². The van der Waals surface area contributed by atoms with E-state index in [1.165, 1.54) is 82.8 Å². The molecule has 0 aromatic carbocycles. The van der Waals surface area contributed by atoms with Gasteiger partial charge in [0.25, 0.3) is 5.91 Å². The van der Waals surface area contributed by atoms with Crippen LogP contribution in [0.5, 0.6) is 0 Å². The molecule has 0 aromatic heterocycles. The van der Waals surface area contributed by atoms with Gasteiger partial charge in [0, 0.05) is 62.5 Å². The maximum absolute atomic E-state index is 15.4. The number of hydrogen-bond donors (Lipinski definition) is 5. The Hall–Kier alpha value is -5.99. The Kier molecular flexibility index (Phi) is 34.4. The van der Waals surface area contributed by atoms with Gasteiger partial charge in [0.15, 0.2) is 6.10 Å². The molecule has 2 rings (SSSR count). The third-order valence-electron chi connectivity index (χ3n) is 17.7. The molecule has 2 heterocycles. The number of hydrogen-bond acceptors (Lipinski definition) is 16. The molecule has 0 aromatic rings. The summed E-state index contributed by atoms with van der Waals surface area (Å²) in [7, 11) is 9.67. The molecular formula is C67H121N11O15. The normalized spacial score (nSPS) is 27.0. The van der Waals surface area contributed by atoms with Gasteiger partial charge < -0.3 is 70.0 Å². The second-order valence-corrected chi connectivity index (χ2v) is 28.9. The molecule has 2 aliphatic heterocycles. The Balaban J connectivity index is 3.05. The van der Waals surface area contributed by atoms with Gasteiger partial charge in [0.05, 0.1) is 32.0 Å². The maximum Gasteiger partial charge on any atom is 0.329 e. The summed E-state index contributed by atoms with van der Waals surface area (Å²) >= 11 is 0. The van der Waals surface area contributed by atoms with E-state index in [-0.39, 0.29) is 61.7 Å². The molecule has 26 heteroatoms. The minimum atomic E-state index is -1.69.